The SMILES string of the molecule is COc1ccc2c(c1)C(N1CCN(C(=O)Cc3cccs3)CC1)=Nc1ccc(C)cc1O2. The van der Waals surface area contributed by atoms with Crippen molar-refractivity contribution >= 4 is 28.8 Å². The summed E-state index contributed by atoms with van der Waals surface area (Å²) in [6.45, 7) is 4.81. The van der Waals surface area contributed by atoms with Gasteiger partial charge in [0, 0.05) is 31.1 Å². The number of carbonyl (C=O) groups is 1. The molecular weight excluding hydrogens is 422 g/mol. The molecule has 1 saturated heterocycles. The van der Waals surface area contributed by atoms with Gasteiger partial charge in [-0.25, -0.2) is 4.99 Å². The highest BCUT2D eigenvalue weighted by molar-refractivity contribution is 7.10. The maximum absolute atomic E-state index is 12.7. The minimum Gasteiger partial charge on any atom is -0.497 e. The molecule has 7 heteroatoms. The molecule has 1 amide bonds. The third-order valence-corrected chi connectivity index (χ3v) is 6.70. The Morgan fingerprint density at radius 2 is 1.94 bits per heavy atom. The van der Waals surface area contributed by atoms with E-state index in [9.17, 15) is 4.79 Å². The average molecular weight is 448 g/mol. The van der Waals surface area contributed by atoms with Gasteiger partial charge in [0.05, 0.1) is 19.1 Å². The first-order chi connectivity index (χ1) is 15.6. The molecule has 6 nitrogen and oxygen atoms in total. The molecule has 0 atom stereocenters. The molecule has 0 radical (unpaired) electrons. The first kappa shape index (κ1) is 20.6. The van der Waals surface area contributed by atoms with Crippen LogP contribution in [0.25, 0.3) is 0 Å². The van der Waals surface area contributed by atoms with Gasteiger partial charge in [-0.3, -0.25) is 4.79 Å². The number of ether oxygens (including phenoxy) is 2. The number of amides is 1. The number of amidine groups is 1. The van der Waals surface area contributed by atoms with Crippen molar-refractivity contribution in [1.29, 1.82) is 0 Å². The van der Waals surface area contributed by atoms with Crippen molar-refractivity contribution in [2.75, 3.05) is 33.3 Å². The lowest BCUT2D eigenvalue weighted by atomic mass is 10.1. The lowest BCUT2D eigenvalue weighted by Gasteiger charge is -2.36. The van der Waals surface area contributed by atoms with Crippen LogP contribution in [0.15, 0.2) is 58.9 Å². The van der Waals surface area contributed by atoms with E-state index in [0.717, 1.165) is 44.8 Å². The molecule has 0 aliphatic carbocycles. The number of thiophene rings is 1. The Bertz CT molecular complexity index is 1170. The van der Waals surface area contributed by atoms with Gasteiger partial charge in [-0.05, 0) is 54.3 Å². The summed E-state index contributed by atoms with van der Waals surface area (Å²) in [6, 6.07) is 15.9. The topological polar surface area (TPSA) is 54.4 Å². The quantitative estimate of drug-likeness (QED) is 0.587. The van der Waals surface area contributed by atoms with Crippen LogP contribution in [0, 0.1) is 6.92 Å². The van der Waals surface area contributed by atoms with Gasteiger partial charge in [0.2, 0.25) is 5.91 Å². The second-order valence-corrected chi connectivity index (χ2v) is 9.03. The molecule has 0 unspecified atom stereocenters. The molecule has 0 bridgehead atoms. The third kappa shape index (κ3) is 4.08. The number of fused-ring (bicyclic) bond motifs is 2. The molecule has 3 aromatic rings. The third-order valence-electron chi connectivity index (χ3n) is 5.83. The predicted molar refractivity (Wildman–Crippen MR) is 127 cm³/mol. The highest BCUT2D eigenvalue weighted by Crippen LogP contribution is 2.40. The zero-order valence-corrected chi connectivity index (χ0v) is 19.0. The molecule has 1 fully saturated rings. The first-order valence-electron chi connectivity index (χ1n) is 10.7. The summed E-state index contributed by atoms with van der Waals surface area (Å²) in [7, 11) is 1.66. The number of rotatable bonds is 3. The Hall–Kier alpha value is -3.32. The molecule has 0 N–H and O–H groups in total. The molecule has 2 aliphatic rings. The lowest BCUT2D eigenvalue weighted by molar-refractivity contribution is -0.131. The summed E-state index contributed by atoms with van der Waals surface area (Å²) in [5.74, 6) is 3.29. The number of aliphatic imine (C=N–C) groups is 1. The Balaban J connectivity index is 1.42. The summed E-state index contributed by atoms with van der Waals surface area (Å²) >= 11 is 1.63. The number of hydrogen-bond acceptors (Lipinski definition) is 6. The fourth-order valence-corrected chi connectivity index (χ4v) is 4.77. The molecule has 32 heavy (non-hydrogen) atoms. The van der Waals surface area contributed by atoms with Gasteiger partial charge in [-0.1, -0.05) is 12.1 Å². The standard InChI is InChI=1S/C25H25N3O3S/c1-17-5-7-21-23(14-17)31-22-8-6-18(30-2)15-20(22)25(26-21)28-11-9-27(10-12-28)24(29)16-19-4-3-13-32-19/h3-8,13-15H,9-12,16H2,1-2H3. The Kier molecular flexibility index (Phi) is 5.57. The van der Waals surface area contributed by atoms with E-state index in [4.69, 9.17) is 14.5 Å². The van der Waals surface area contributed by atoms with Crippen LogP contribution in [0.4, 0.5) is 5.69 Å². The van der Waals surface area contributed by atoms with Crippen molar-refractivity contribution in [3.8, 4) is 17.2 Å². The van der Waals surface area contributed by atoms with Gasteiger partial charge in [0.25, 0.3) is 0 Å². The largest absolute Gasteiger partial charge is 0.497 e. The second kappa shape index (κ2) is 8.67. The van der Waals surface area contributed by atoms with Crippen molar-refractivity contribution in [1.82, 2.24) is 9.80 Å². The normalized spacial score (nSPS) is 15.2. The zero-order chi connectivity index (χ0) is 22.1. The number of carbonyl (C=O) groups excluding carboxylic acids is 1. The summed E-state index contributed by atoms with van der Waals surface area (Å²) in [6.07, 6.45) is 0.471. The molecule has 2 aliphatic heterocycles. The van der Waals surface area contributed by atoms with E-state index in [1.54, 1.807) is 18.4 Å². The maximum atomic E-state index is 12.7. The highest BCUT2D eigenvalue weighted by Gasteiger charge is 2.28. The van der Waals surface area contributed by atoms with E-state index in [1.807, 2.05) is 65.7 Å². The minimum atomic E-state index is 0.182. The van der Waals surface area contributed by atoms with Crippen LogP contribution in [0.5, 0.6) is 17.2 Å². The van der Waals surface area contributed by atoms with E-state index >= 15 is 0 Å². The first-order valence-corrected chi connectivity index (χ1v) is 11.6. The van der Waals surface area contributed by atoms with Crippen molar-refractivity contribution in [2.24, 2.45) is 4.99 Å². The van der Waals surface area contributed by atoms with Gasteiger partial charge in [-0.2, -0.15) is 0 Å². The number of hydrogen-bond donors (Lipinski definition) is 0. The highest BCUT2D eigenvalue weighted by atomic mass is 32.1. The van der Waals surface area contributed by atoms with Crippen LogP contribution >= 0.6 is 11.3 Å². The Labute approximate surface area is 191 Å². The van der Waals surface area contributed by atoms with E-state index in [0.29, 0.717) is 32.6 Å². The van der Waals surface area contributed by atoms with Gasteiger partial charge in [0.1, 0.15) is 23.0 Å². The molecule has 0 saturated carbocycles. The maximum Gasteiger partial charge on any atom is 0.227 e. The van der Waals surface area contributed by atoms with Crippen molar-refractivity contribution in [3.63, 3.8) is 0 Å². The Morgan fingerprint density at radius 1 is 1.09 bits per heavy atom. The van der Waals surface area contributed by atoms with Crippen molar-refractivity contribution in [3.05, 3.63) is 69.9 Å². The fraction of sp³-hybridized carbons (Fsp3) is 0.280. The zero-order valence-electron chi connectivity index (χ0n) is 18.2. The smallest absolute Gasteiger partial charge is 0.227 e. The summed E-state index contributed by atoms with van der Waals surface area (Å²) in [4.78, 5) is 23.0. The monoisotopic (exact) mass is 447 g/mol. The molecule has 5 rings (SSSR count). The summed E-state index contributed by atoms with van der Waals surface area (Å²) in [5, 5.41) is 2.01. The second-order valence-electron chi connectivity index (χ2n) is 7.99. The number of methoxy groups -OCH3 is 1. The molecular formula is C25H25N3O3S. The van der Waals surface area contributed by atoms with E-state index in [2.05, 4.69) is 4.90 Å². The minimum absolute atomic E-state index is 0.182. The summed E-state index contributed by atoms with van der Waals surface area (Å²) in [5.41, 5.74) is 2.82. The van der Waals surface area contributed by atoms with Crippen LogP contribution < -0.4 is 9.47 Å². The average Bonchev–Trinajstić information content (AvgIpc) is 3.26. The van der Waals surface area contributed by atoms with Gasteiger partial charge in [0.15, 0.2) is 5.75 Å². The molecule has 0 spiro atoms. The molecule has 1 aromatic heterocycles. The molecule has 3 heterocycles. The summed E-state index contributed by atoms with van der Waals surface area (Å²) < 4.78 is 11.7. The van der Waals surface area contributed by atoms with Crippen molar-refractivity contribution < 1.29 is 14.3 Å². The van der Waals surface area contributed by atoms with Gasteiger partial charge >= 0.3 is 0 Å². The van der Waals surface area contributed by atoms with Gasteiger partial charge < -0.3 is 19.3 Å². The lowest BCUT2D eigenvalue weighted by Crippen LogP contribution is -2.51. The van der Waals surface area contributed by atoms with Crippen molar-refractivity contribution in [2.45, 2.75) is 13.3 Å². The van der Waals surface area contributed by atoms with Crippen LogP contribution in [0.3, 0.4) is 0 Å². The fourth-order valence-electron chi connectivity index (χ4n) is 4.07. The van der Waals surface area contributed by atoms with Crippen LogP contribution in [-0.4, -0.2) is 54.8 Å². The van der Waals surface area contributed by atoms with Crippen LogP contribution in [0.1, 0.15) is 16.0 Å². The van der Waals surface area contributed by atoms with Gasteiger partial charge in [-0.15, -0.1) is 11.3 Å². The Morgan fingerprint density at radius 3 is 2.69 bits per heavy atom. The van der Waals surface area contributed by atoms with Crippen LogP contribution in [-0.2, 0) is 11.2 Å². The molecule has 2 aromatic carbocycles. The number of piperazine rings is 1. The number of nitrogens with zero attached hydrogens (tertiary/aromatic N) is 3. The predicted octanol–water partition coefficient (Wildman–Crippen LogP) is 4.64. The molecule has 164 valence electrons. The van der Waals surface area contributed by atoms with Crippen LogP contribution in [0.2, 0.25) is 0 Å². The number of benzene rings is 2. The van der Waals surface area contributed by atoms with E-state index in [1.165, 1.54) is 0 Å². The van der Waals surface area contributed by atoms with E-state index < -0.39 is 0 Å². The number of aryl methyl sites for hydroxylation is 1. The van der Waals surface area contributed by atoms with E-state index in [-0.39, 0.29) is 5.91 Å².